The molecule has 1 aromatic carbocycles. The summed E-state index contributed by atoms with van der Waals surface area (Å²) in [4.78, 5) is 0.437. The Labute approximate surface area is 139 Å². The highest BCUT2D eigenvalue weighted by Gasteiger charge is 2.39. The predicted molar refractivity (Wildman–Crippen MR) is 91.0 cm³/mol. The zero-order chi connectivity index (χ0) is 16.5. The molecular weight excluding hydrogens is 310 g/mol. The van der Waals surface area contributed by atoms with Gasteiger partial charge in [0, 0.05) is 26.3 Å². The molecule has 2 heterocycles. The van der Waals surface area contributed by atoms with Crippen molar-refractivity contribution >= 4 is 10.0 Å². The van der Waals surface area contributed by atoms with Gasteiger partial charge in [0.1, 0.15) is 0 Å². The first kappa shape index (κ1) is 16.9. The lowest BCUT2D eigenvalue weighted by Gasteiger charge is -2.43. The molecule has 0 aliphatic carbocycles. The number of hydrogen-bond acceptors (Lipinski definition) is 3. The third kappa shape index (κ3) is 3.47. The van der Waals surface area contributed by atoms with Crippen LogP contribution in [0.25, 0.3) is 0 Å². The van der Waals surface area contributed by atoms with Crippen molar-refractivity contribution in [3.8, 4) is 0 Å². The van der Waals surface area contributed by atoms with Crippen molar-refractivity contribution < 1.29 is 13.2 Å². The van der Waals surface area contributed by atoms with Crippen molar-refractivity contribution in [3.63, 3.8) is 0 Å². The molecule has 0 amide bonds. The Bertz CT molecular complexity index is 638. The molecule has 0 bridgehead atoms. The number of sulfonamides is 1. The molecule has 3 rings (SSSR count). The van der Waals surface area contributed by atoms with Gasteiger partial charge in [0.05, 0.1) is 4.90 Å². The number of benzene rings is 1. The second-order valence-electron chi connectivity index (χ2n) is 7.24. The molecule has 0 N–H and O–H groups in total. The molecule has 0 aromatic heterocycles. The van der Waals surface area contributed by atoms with Gasteiger partial charge >= 0.3 is 0 Å². The monoisotopic (exact) mass is 337 g/mol. The number of hydrogen-bond donors (Lipinski definition) is 0. The average molecular weight is 337 g/mol. The highest BCUT2D eigenvalue weighted by molar-refractivity contribution is 7.89. The number of ether oxygens (including phenoxy) is 1. The Balaban J connectivity index is 1.75. The van der Waals surface area contributed by atoms with Crippen molar-refractivity contribution in [1.82, 2.24) is 4.31 Å². The second kappa shape index (κ2) is 6.54. The van der Waals surface area contributed by atoms with Gasteiger partial charge < -0.3 is 4.74 Å². The SMILES string of the molecule is CC(C)c1cccc(S(=O)(=O)N2CCC3(CCOCC3)CC2)c1. The summed E-state index contributed by atoms with van der Waals surface area (Å²) in [6.45, 7) is 7.08. The quantitative estimate of drug-likeness (QED) is 0.849. The number of nitrogens with zero attached hydrogens (tertiary/aromatic N) is 1. The van der Waals surface area contributed by atoms with Crippen molar-refractivity contribution in [2.24, 2.45) is 5.41 Å². The van der Waals surface area contributed by atoms with Crippen LogP contribution in [0.15, 0.2) is 29.2 Å². The second-order valence-corrected chi connectivity index (χ2v) is 9.18. The minimum Gasteiger partial charge on any atom is -0.381 e. The summed E-state index contributed by atoms with van der Waals surface area (Å²) in [7, 11) is -3.37. The van der Waals surface area contributed by atoms with E-state index in [0.29, 0.717) is 29.3 Å². The third-order valence-corrected chi connectivity index (χ3v) is 7.39. The maximum Gasteiger partial charge on any atom is 0.243 e. The van der Waals surface area contributed by atoms with Crippen LogP contribution in [-0.2, 0) is 14.8 Å². The molecule has 1 spiro atoms. The molecule has 5 heteroatoms. The van der Waals surface area contributed by atoms with E-state index >= 15 is 0 Å². The summed E-state index contributed by atoms with van der Waals surface area (Å²) in [5, 5.41) is 0. The standard InChI is InChI=1S/C18H27NO3S/c1-15(2)16-4-3-5-17(14-16)23(20,21)19-10-6-18(7-11-19)8-12-22-13-9-18/h3-5,14-15H,6-13H2,1-2H3. The van der Waals surface area contributed by atoms with Gasteiger partial charge in [-0.15, -0.1) is 0 Å². The lowest BCUT2D eigenvalue weighted by Crippen LogP contribution is -2.45. The molecule has 128 valence electrons. The maximum atomic E-state index is 12.9. The van der Waals surface area contributed by atoms with Gasteiger partial charge in [0.15, 0.2) is 0 Å². The van der Waals surface area contributed by atoms with Gasteiger partial charge in [0.25, 0.3) is 0 Å². The topological polar surface area (TPSA) is 46.6 Å². The zero-order valence-electron chi connectivity index (χ0n) is 14.1. The molecule has 0 radical (unpaired) electrons. The van der Waals surface area contributed by atoms with Crippen molar-refractivity contribution in [1.29, 1.82) is 0 Å². The summed E-state index contributed by atoms with van der Waals surface area (Å²) < 4.78 is 33.0. The Morgan fingerprint density at radius 1 is 1.09 bits per heavy atom. The van der Waals surface area contributed by atoms with Gasteiger partial charge in [-0.1, -0.05) is 26.0 Å². The first-order chi connectivity index (χ1) is 10.9. The third-order valence-electron chi connectivity index (χ3n) is 5.50. The molecule has 2 aliphatic rings. The fourth-order valence-electron chi connectivity index (χ4n) is 3.69. The largest absolute Gasteiger partial charge is 0.381 e. The van der Waals surface area contributed by atoms with Crippen LogP contribution in [0.2, 0.25) is 0 Å². The van der Waals surface area contributed by atoms with E-state index < -0.39 is 10.0 Å². The molecule has 2 saturated heterocycles. The van der Waals surface area contributed by atoms with Crippen LogP contribution in [0.4, 0.5) is 0 Å². The molecular formula is C18H27NO3S. The summed E-state index contributed by atoms with van der Waals surface area (Å²) in [6, 6.07) is 7.40. The Morgan fingerprint density at radius 3 is 2.35 bits per heavy atom. The van der Waals surface area contributed by atoms with Crippen molar-refractivity contribution in [3.05, 3.63) is 29.8 Å². The molecule has 1 aromatic rings. The van der Waals surface area contributed by atoms with Gasteiger partial charge in [-0.05, 0) is 54.7 Å². The Hall–Kier alpha value is -0.910. The summed E-state index contributed by atoms with van der Waals surface area (Å²) >= 11 is 0. The molecule has 0 atom stereocenters. The van der Waals surface area contributed by atoms with Crippen molar-refractivity contribution in [2.75, 3.05) is 26.3 Å². The molecule has 0 unspecified atom stereocenters. The minimum absolute atomic E-state index is 0.310. The van der Waals surface area contributed by atoms with E-state index in [4.69, 9.17) is 4.74 Å². The highest BCUT2D eigenvalue weighted by Crippen LogP contribution is 2.41. The lowest BCUT2D eigenvalue weighted by atomic mass is 9.73. The van der Waals surface area contributed by atoms with Gasteiger partial charge in [-0.3, -0.25) is 0 Å². The molecule has 2 fully saturated rings. The van der Waals surface area contributed by atoms with E-state index in [0.717, 1.165) is 44.5 Å². The van der Waals surface area contributed by atoms with E-state index in [1.54, 1.807) is 10.4 Å². The fraction of sp³-hybridized carbons (Fsp3) is 0.667. The lowest BCUT2D eigenvalue weighted by molar-refractivity contribution is -0.00999. The zero-order valence-corrected chi connectivity index (χ0v) is 14.9. The molecule has 2 aliphatic heterocycles. The molecule has 23 heavy (non-hydrogen) atoms. The van der Waals surface area contributed by atoms with Crippen molar-refractivity contribution in [2.45, 2.75) is 50.3 Å². The molecule has 4 nitrogen and oxygen atoms in total. The first-order valence-electron chi connectivity index (χ1n) is 8.61. The van der Waals surface area contributed by atoms with E-state index in [1.807, 2.05) is 18.2 Å². The van der Waals surface area contributed by atoms with Crippen LogP contribution in [0, 0.1) is 5.41 Å². The van der Waals surface area contributed by atoms with E-state index in [9.17, 15) is 8.42 Å². The van der Waals surface area contributed by atoms with E-state index in [1.165, 1.54) is 0 Å². The number of piperidine rings is 1. The molecule has 0 saturated carbocycles. The van der Waals surface area contributed by atoms with Crippen LogP contribution in [0.3, 0.4) is 0 Å². The smallest absolute Gasteiger partial charge is 0.243 e. The Kier molecular flexibility index (Phi) is 4.81. The van der Waals surface area contributed by atoms with Crippen LogP contribution in [-0.4, -0.2) is 39.0 Å². The van der Waals surface area contributed by atoms with E-state index in [2.05, 4.69) is 13.8 Å². The average Bonchev–Trinajstić information content (AvgIpc) is 2.56. The fourth-order valence-corrected chi connectivity index (χ4v) is 5.19. The van der Waals surface area contributed by atoms with Crippen LogP contribution >= 0.6 is 0 Å². The summed E-state index contributed by atoms with van der Waals surface area (Å²) in [5.74, 6) is 0.331. The normalized spacial score (nSPS) is 22.6. The highest BCUT2D eigenvalue weighted by atomic mass is 32.2. The first-order valence-corrected chi connectivity index (χ1v) is 10.0. The number of rotatable bonds is 3. The van der Waals surface area contributed by atoms with E-state index in [-0.39, 0.29) is 0 Å². The summed E-state index contributed by atoms with van der Waals surface area (Å²) in [6.07, 6.45) is 4.06. The maximum absolute atomic E-state index is 12.9. The predicted octanol–water partition coefficient (Wildman–Crippen LogP) is 3.39. The van der Waals surface area contributed by atoms with Crippen LogP contribution in [0.5, 0.6) is 0 Å². The van der Waals surface area contributed by atoms with Crippen LogP contribution in [0.1, 0.15) is 51.0 Å². The van der Waals surface area contributed by atoms with Gasteiger partial charge in [-0.25, -0.2) is 8.42 Å². The summed E-state index contributed by atoms with van der Waals surface area (Å²) in [5.41, 5.74) is 1.38. The van der Waals surface area contributed by atoms with Gasteiger partial charge in [-0.2, -0.15) is 4.31 Å². The Morgan fingerprint density at radius 2 is 1.74 bits per heavy atom. The van der Waals surface area contributed by atoms with Gasteiger partial charge in [0.2, 0.25) is 10.0 Å². The van der Waals surface area contributed by atoms with Crippen LogP contribution < -0.4 is 0 Å². The minimum atomic E-state index is -3.37.